The fourth-order valence-corrected chi connectivity index (χ4v) is 6.26. The highest BCUT2D eigenvalue weighted by molar-refractivity contribution is 5.95. The summed E-state index contributed by atoms with van der Waals surface area (Å²) >= 11 is 0. The van der Waals surface area contributed by atoms with Crippen molar-refractivity contribution in [1.82, 2.24) is 0 Å². The smallest absolute Gasteiger partial charge is 0.164 e. The normalized spacial score (nSPS) is 49.3. The Morgan fingerprint density at radius 2 is 1.82 bits per heavy atom. The number of hydrogen-bond acceptors (Lipinski definition) is 5. The van der Waals surface area contributed by atoms with Crippen LogP contribution in [0.2, 0.25) is 0 Å². The van der Waals surface area contributed by atoms with E-state index >= 15 is 0 Å². The van der Waals surface area contributed by atoms with E-state index in [0.717, 1.165) is 17.6 Å². The van der Waals surface area contributed by atoms with Gasteiger partial charge in [0.25, 0.3) is 0 Å². The molecule has 2 fully saturated rings. The Morgan fingerprint density at radius 3 is 2.46 bits per heavy atom. The van der Waals surface area contributed by atoms with E-state index in [0.29, 0.717) is 12.5 Å². The second kappa shape index (κ2) is 5.78. The standard InChI is InChI=1S/C23H35NO4/c1-12-10-22-14(3)8-13(2)20(4,5)16(18(22)25)9-15-11-27-21(6,7)28-19(15)23(22,26)17(12)24/h9-10,13-14,16-17,19,26H,8,11,24H2,1-7H3/t13-,14-,16-,17+,19?,22+,23-/m1/s1. The van der Waals surface area contributed by atoms with Crippen molar-refractivity contribution in [1.29, 1.82) is 0 Å². The van der Waals surface area contributed by atoms with Gasteiger partial charge in [0.15, 0.2) is 11.6 Å². The minimum absolute atomic E-state index is 0.0462. The minimum atomic E-state index is -1.52. The third kappa shape index (κ3) is 2.25. The van der Waals surface area contributed by atoms with Crippen molar-refractivity contribution in [2.45, 2.75) is 78.4 Å². The summed E-state index contributed by atoms with van der Waals surface area (Å²) in [6.07, 6.45) is 4.20. The minimum Gasteiger partial charge on any atom is -0.383 e. The van der Waals surface area contributed by atoms with Gasteiger partial charge in [-0.25, -0.2) is 0 Å². The monoisotopic (exact) mass is 389 g/mol. The molecule has 0 aromatic rings. The van der Waals surface area contributed by atoms with Crippen molar-refractivity contribution in [3.05, 3.63) is 23.3 Å². The molecular weight excluding hydrogens is 354 g/mol. The summed E-state index contributed by atoms with van der Waals surface area (Å²) < 4.78 is 12.2. The average molecular weight is 390 g/mol. The van der Waals surface area contributed by atoms with Gasteiger partial charge in [0.2, 0.25) is 0 Å². The van der Waals surface area contributed by atoms with E-state index in [-0.39, 0.29) is 23.0 Å². The highest BCUT2D eigenvalue weighted by atomic mass is 16.7. The fraction of sp³-hybridized carbons (Fsp3) is 0.783. The molecule has 0 aromatic heterocycles. The van der Waals surface area contributed by atoms with E-state index in [4.69, 9.17) is 15.2 Å². The highest BCUT2D eigenvalue weighted by Gasteiger charge is 2.72. The summed E-state index contributed by atoms with van der Waals surface area (Å²) in [4.78, 5) is 14.2. The fourth-order valence-electron chi connectivity index (χ4n) is 6.26. The number of aliphatic hydroxyl groups is 1. The number of carbonyl (C=O) groups excluding carboxylic acids is 1. The summed E-state index contributed by atoms with van der Waals surface area (Å²) in [6, 6.07) is -0.656. The van der Waals surface area contributed by atoms with E-state index in [1.54, 1.807) is 0 Å². The van der Waals surface area contributed by atoms with Gasteiger partial charge in [-0.1, -0.05) is 45.4 Å². The van der Waals surface area contributed by atoms with Crippen LogP contribution < -0.4 is 5.73 Å². The van der Waals surface area contributed by atoms with Crippen LogP contribution in [0.5, 0.6) is 0 Å². The Morgan fingerprint density at radius 1 is 1.18 bits per heavy atom. The Hall–Kier alpha value is -1.01. The highest BCUT2D eigenvalue weighted by Crippen LogP contribution is 2.62. The van der Waals surface area contributed by atoms with E-state index < -0.39 is 28.9 Å². The first kappa shape index (κ1) is 20.3. The second-order valence-electron chi connectivity index (χ2n) is 10.7. The largest absolute Gasteiger partial charge is 0.383 e. The van der Waals surface area contributed by atoms with Crippen LogP contribution in [0.15, 0.2) is 23.3 Å². The maximum absolute atomic E-state index is 14.2. The number of nitrogens with two attached hydrogens (primary N) is 1. The lowest BCUT2D eigenvalue weighted by Gasteiger charge is -2.52. The molecule has 1 aliphatic heterocycles. The third-order valence-corrected chi connectivity index (χ3v) is 8.43. The van der Waals surface area contributed by atoms with Crippen LogP contribution in [0.4, 0.5) is 0 Å². The Labute approximate surface area is 168 Å². The van der Waals surface area contributed by atoms with Gasteiger partial charge in [0.1, 0.15) is 11.7 Å². The lowest BCUT2D eigenvalue weighted by molar-refractivity contribution is -0.294. The first-order chi connectivity index (χ1) is 12.8. The Kier molecular flexibility index (Phi) is 4.18. The molecule has 3 N–H and O–H groups in total. The summed E-state index contributed by atoms with van der Waals surface area (Å²) in [5.74, 6) is -0.816. The lowest BCUT2D eigenvalue weighted by atomic mass is 9.59. The van der Waals surface area contributed by atoms with Gasteiger partial charge in [-0.2, -0.15) is 0 Å². The number of allylic oxidation sites excluding steroid dienone is 1. The van der Waals surface area contributed by atoms with Crippen LogP contribution in [0.25, 0.3) is 0 Å². The zero-order valence-corrected chi connectivity index (χ0v) is 18.2. The van der Waals surface area contributed by atoms with E-state index in [2.05, 4.69) is 27.7 Å². The molecule has 156 valence electrons. The molecule has 28 heavy (non-hydrogen) atoms. The van der Waals surface area contributed by atoms with Crippen molar-refractivity contribution in [2.75, 3.05) is 6.61 Å². The molecule has 4 aliphatic rings. The summed E-state index contributed by atoms with van der Waals surface area (Å²) in [7, 11) is 0. The van der Waals surface area contributed by atoms with Gasteiger partial charge in [-0.15, -0.1) is 0 Å². The molecule has 7 atom stereocenters. The summed E-state index contributed by atoms with van der Waals surface area (Å²) in [5.41, 5.74) is 5.52. The van der Waals surface area contributed by atoms with Crippen molar-refractivity contribution in [3.8, 4) is 0 Å². The molecule has 0 aromatic carbocycles. The number of carbonyl (C=O) groups is 1. The first-order valence-electron chi connectivity index (χ1n) is 10.5. The topological polar surface area (TPSA) is 81.8 Å². The first-order valence-corrected chi connectivity index (χ1v) is 10.5. The quantitative estimate of drug-likeness (QED) is 0.623. The number of rotatable bonds is 0. The zero-order valence-electron chi connectivity index (χ0n) is 18.2. The molecule has 5 heteroatoms. The van der Waals surface area contributed by atoms with Gasteiger partial charge in [-0.3, -0.25) is 4.79 Å². The molecule has 0 amide bonds. The van der Waals surface area contributed by atoms with Crippen molar-refractivity contribution < 1.29 is 19.4 Å². The second-order valence-corrected chi connectivity index (χ2v) is 10.7. The Balaban J connectivity index is 2.04. The van der Waals surface area contributed by atoms with Crippen LogP contribution in [-0.4, -0.2) is 41.0 Å². The molecule has 0 radical (unpaired) electrons. The zero-order chi connectivity index (χ0) is 20.9. The average Bonchev–Trinajstić information content (AvgIpc) is 2.73. The van der Waals surface area contributed by atoms with Gasteiger partial charge in [0, 0.05) is 5.92 Å². The van der Waals surface area contributed by atoms with Crippen molar-refractivity contribution in [3.63, 3.8) is 0 Å². The number of Topliss-reactive ketones (excluding diaryl/α,β-unsaturated/α-hetero) is 1. The van der Waals surface area contributed by atoms with E-state index in [9.17, 15) is 9.90 Å². The predicted molar refractivity (Wildman–Crippen MR) is 107 cm³/mol. The maximum Gasteiger partial charge on any atom is 0.164 e. The molecule has 3 aliphatic carbocycles. The van der Waals surface area contributed by atoms with Crippen molar-refractivity contribution in [2.24, 2.45) is 34.3 Å². The number of hydrogen-bond donors (Lipinski definition) is 2. The molecule has 1 saturated carbocycles. The van der Waals surface area contributed by atoms with Gasteiger partial charge < -0.3 is 20.3 Å². The molecule has 2 bridgehead atoms. The molecule has 1 unspecified atom stereocenters. The van der Waals surface area contributed by atoms with Crippen molar-refractivity contribution >= 4 is 5.78 Å². The lowest BCUT2D eigenvalue weighted by Crippen LogP contribution is -2.69. The van der Waals surface area contributed by atoms with Gasteiger partial charge in [0.05, 0.1) is 18.1 Å². The maximum atomic E-state index is 14.2. The summed E-state index contributed by atoms with van der Waals surface area (Å²) in [6.45, 7) is 14.6. The molecule has 1 saturated heterocycles. The van der Waals surface area contributed by atoms with Crippen LogP contribution in [0, 0.1) is 28.6 Å². The molecule has 1 heterocycles. The van der Waals surface area contributed by atoms with Gasteiger partial charge >= 0.3 is 0 Å². The van der Waals surface area contributed by atoms with Gasteiger partial charge in [-0.05, 0) is 50.0 Å². The number of fused-ring (bicyclic) bond motifs is 3. The van der Waals surface area contributed by atoms with Crippen LogP contribution in [0.3, 0.4) is 0 Å². The van der Waals surface area contributed by atoms with Crippen LogP contribution in [0.1, 0.15) is 54.9 Å². The molecular formula is C23H35NO4. The predicted octanol–water partition coefficient (Wildman–Crippen LogP) is 2.97. The van der Waals surface area contributed by atoms with Crippen LogP contribution >= 0.6 is 0 Å². The molecule has 1 spiro atoms. The molecule has 4 rings (SSSR count). The Bertz CT molecular complexity index is 781. The summed E-state index contributed by atoms with van der Waals surface area (Å²) in [5, 5.41) is 12.4. The number of ketones is 1. The third-order valence-electron chi connectivity index (χ3n) is 8.43. The van der Waals surface area contributed by atoms with Crippen LogP contribution in [-0.2, 0) is 14.3 Å². The molecule has 5 nitrogen and oxygen atoms in total. The SMILES string of the molecule is CC1=C[C@]23C(=O)[C@@H](C=C4COC(C)(C)OC4[C@]2(O)[C@H]1N)C(C)(C)[C@H](C)C[C@H]3C. The number of ether oxygens (including phenoxy) is 2. The van der Waals surface area contributed by atoms with E-state index in [1.807, 2.05) is 32.9 Å². The van der Waals surface area contributed by atoms with E-state index in [1.165, 1.54) is 0 Å².